The van der Waals surface area contributed by atoms with Crippen LogP contribution in [0.2, 0.25) is 0 Å². The maximum atomic E-state index is 9.65. The Labute approximate surface area is 96.4 Å². The van der Waals surface area contributed by atoms with Crippen molar-refractivity contribution in [3.05, 3.63) is 18.2 Å². The third-order valence-electron chi connectivity index (χ3n) is 3.24. The molecule has 0 saturated heterocycles. The average molecular weight is 221 g/mol. The molecule has 0 aliphatic heterocycles. The number of nitrogens with one attached hydrogen (secondary N) is 1. The molecule has 0 spiro atoms. The number of phenolic OH excluding ortho intramolecular Hbond substituents is 1. The zero-order valence-corrected chi connectivity index (χ0v) is 9.86. The Kier molecular flexibility index (Phi) is 3.22. The molecule has 16 heavy (non-hydrogen) atoms. The van der Waals surface area contributed by atoms with Crippen LogP contribution in [-0.2, 0) is 0 Å². The smallest absolute Gasteiger partial charge is 0.160 e. The molecule has 2 N–H and O–H groups in total. The van der Waals surface area contributed by atoms with Crippen LogP contribution in [0, 0.1) is 5.92 Å². The summed E-state index contributed by atoms with van der Waals surface area (Å²) in [4.78, 5) is 0. The quantitative estimate of drug-likeness (QED) is 0.824. The lowest BCUT2D eigenvalue weighted by Crippen LogP contribution is -2.15. The lowest BCUT2D eigenvalue weighted by Gasteiger charge is -2.14. The van der Waals surface area contributed by atoms with Gasteiger partial charge in [-0.25, -0.2) is 0 Å². The highest BCUT2D eigenvalue weighted by molar-refractivity contribution is 5.54. The molecule has 2 rings (SSSR count). The highest BCUT2D eigenvalue weighted by atomic mass is 16.5. The van der Waals surface area contributed by atoms with Crippen LogP contribution in [0.3, 0.4) is 0 Å². The molecule has 3 nitrogen and oxygen atoms in total. The van der Waals surface area contributed by atoms with Crippen LogP contribution < -0.4 is 10.1 Å². The van der Waals surface area contributed by atoms with Crippen molar-refractivity contribution in [2.75, 3.05) is 12.4 Å². The Bertz CT molecular complexity index is 365. The Morgan fingerprint density at radius 2 is 2.19 bits per heavy atom. The summed E-state index contributed by atoms with van der Waals surface area (Å²) in [6, 6.07) is 6.00. The number of benzene rings is 1. The lowest BCUT2D eigenvalue weighted by atomic mass is 10.1. The van der Waals surface area contributed by atoms with E-state index < -0.39 is 0 Å². The van der Waals surface area contributed by atoms with Gasteiger partial charge in [0.15, 0.2) is 11.5 Å². The van der Waals surface area contributed by atoms with E-state index in [1.165, 1.54) is 19.3 Å². The Morgan fingerprint density at radius 3 is 2.75 bits per heavy atom. The summed E-state index contributed by atoms with van der Waals surface area (Å²) in [6.45, 7) is 2.28. The van der Waals surface area contributed by atoms with E-state index in [0.29, 0.717) is 11.8 Å². The van der Waals surface area contributed by atoms with Gasteiger partial charge in [-0.3, -0.25) is 0 Å². The molecule has 0 aromatic heterocycles. The van der Waals surface area contributed by atoms with Gasteiger partial charge in [-0.15, -0.1) is 0 Å². The first-order chi connectivity index (χ1) is 7.69. The number of anilines is 1. The van der Waals surface area contributed by atoms with Crippen LogP contribution in [0.1, 0.15) is 26.2 Å². The molecular formula is C13H19NO2. The van der Waals surface area contributed by atoms with Gasteiger partial charge in [0.1, 0.15) is 0 Å². The minimum Gasteiger partial charge on any atom is -0.504 e. The van der Waals surface area contributed by atoms with Crippen molar-refractivity contribution in [2.24, 2.45) is 5.92 Å². The minimum atomic E-state index is 0.193. The average Bonchev–Trinajstić information content (AvgIpc) is 2.64. The summed E-state index contributed by atoms with van der Waals surface area (Å²) < 4.78 is 5.01. The van der Waals surface area contributed by atoms with Gasteiger partial charge in [0.25, 0.3) is 0 Å². The van der Waals surface area contributed by atoms with Gasteiger partial charge in [-0.1, -0.05) is 6.92 Å². The Hall–Kier alpha value is -1.38. The van der Waals surface area contributed by atoms with Crippen molar-refractivity contribution in [2.45, 2.75) is 32.2 Å². The maximum absolute atomic E-state index is 9.65. The summed E-state index contributed by atoms with van der Waals surface area (Å²) in [7, 11) is 1.56. The van der Waals surface area contributed by atoms with Crippen molar-refractivity contribution in [3.63, 3.8) is 0 Å². The first kappa shape index (κ1) is 11.1. The van der Waals surface area contributed by atoms with Crippen molar-refractivity contribution in [3.8, 4) is 11.5 Å². The summed E-state index contributed by atoms with van der Waals surface area (Å²) in [5, 5.41) is 13.1. The summed E-state index contributed by atoms with van der Waals surface area (Å²) in [5.74, 6) is 1.52. The zero-order valence-electron chi connectivity index (χ0n) is 9.86. The number of methoxy groups -OCH3 is 1. The second-order valence-corrected chi connectivity index (χ2v) is 4.65. The van der Waals surface area contributed by atoms with Crippen molar-refractivity contribution >= 4 is 5.69 Å². The topological polar surface area (TPSA) is 41.5 Å². The fraction of sp³-hybridized carbons (Fsp3) is 0.538. The highest BCUT2D eigenvalue weighted by Crippen LogP contribution is 2.31. The third kappa shape index (κ3) is 2.40. The van der Waals surface area contributed by atoms with Crippen LogP contribution in [0.5, 0.6) is 11.5 Å². The van der Waals surface area contributed by atoms with Gasteiger partial charge < -0.3 is 15.2 Å². The zero-order chi connectivity index (χ0) is 11.5. The van der Waals surface area contributed by atoms with E-state index in [4.69, 9.17) is 4.74 Å². The molecule has 0 radical (unpaired) electrons. The van der Waals surface area contributed by atoms with Crippen LogP contribution in [0.4, 0.5) is 5.69 Å². The standard InChI is InChI=1S/C13H19NO2/c1-9-3-4-10(7-9)14-11-5-6-13(16-2)12(15)8-11/h5-6,8-10,14-15H,3-4,7H2,1-2H3. The molecule has 0 bridgehead atoms. The third-order valence-corrected chi connectivity index (χ3v) is 3.24. The van der Waals surface area contributed by atoms with Crippen LogP contribution in [-0.4, -0.2) is 18.3 Å². The van der Waals surface area contributed by atoms with Gasteiger partial charge in [0, 0.05) is 17.8 Å². The molecule has 3 heteroatoms. The SMILES string of the molecule is COc1ccc(NC2CCC(C)C2)cc1O. The lowest BCUT2D eigenvalue weighted by molar-refractivity contribution is 0.373. The van der Waals surface area contributed by atoms with Crippen molar-refractivity contribution in [1.29, 1.82) is 0 Å². The molecule has 1 saturated carbocycles. The van der Waals surface area contributed by atoms with Gasteiger partial charge in [-0.2, -0.15) is 0 Å². The van der Waals surface area contributed by atoms with Crippen molar-refractivity contribution < 1.29 is 9.84 Å². The maximum Gasteiger partial charge on any atom is 0.160 e. The molecule has 1 aromatic rings. The number of ether oxygens (including phenoxy) is 1. The second-order valence-electron chi connectivity index (χ2n) is 4.65. The first-order valence-electron chi connectivity index (χ1n) is 5.82. The first-order valence-corrected chi connectivity index (χ1v) is 5.82. The van der Waals surface area contributed by atoms with Gasteiger partial charge in [0.2, 0.25) is 0 Å². The highest BCUT2D eigenvalue weighted by Gasteiger charge is 2.21. The number of hydrogen-bond donors (Lipinski definition) is 2. The number of aromatic hydroxyl groups is 1. The van der Waals surface area contributed by atoms with E-state index in [1.54, 1.807) is 19.2 Å². The summed E-state index contributed by atoms with van der Waals surface area (Å²) >= 11 is 0. The number of hydrogen-bond acceptors (Lipinski definition) is 3. The summed E-state index contributed by atoms with van der Waals surface area (Å²) in [5.41, 5.74) is 0.970. The summed E-state index contributed by atoms with van der Waals surface area (Å²) in [6.07, 6.45) is 3.72. The Balaban J connectivity index is 2.02. The molecule has 1 aliphatic rings. The number of rotatable bonds is 3. The Morgan fingerprint density at radius 1 is 1.38 bits per heavy atom. The van der Waals surface area contributed by atoms with Gasteiger partial charge in [-0.05, 0) is 37.3 Å². The van der Waals surface area contributed by atoms with Crippen LogP contribution >= 0.6 is 0 Å². The molecule has 1 aliphatic carbocycles. The molecule has 0 amide bonds. The van der Waals surface area contributed by atoms with E-state index >= 15 is 0 Å². The monoisotopic (exact) mass is 221 g/mol. The fourth-order valence-corrected chi connectivity index (χ4v) is 2.35. The molecule has 88 valence electrons. The van der Waals surface area contributed by atoms with Crippen LogP contribution in [0.25, 0.3) is 0 Å². The molecule has 2 unspecified atom stereocenters. The van der Waals surface area contributed by atoms with E-state index in [0.717, 1.165) is 11.6 Å². The van der Waals surface area contributed by atoms with Gasteiger partial charge >= 0.3 is 0 Å². The normalized spacial score (nSPS) is 24.4. The van der Waals surface area contributed by atoms with Crippen molar-refractivity contribution in [1.82, 2.24) is 0 Å². The molecule has 0 heterocycles. The minimum absolute atomic E-state index is 0.193. The molecule has 2 atom stereocenters. The van der Waals surface area contributed by atoms with Gasteiger partial charge in [0.05, 0.1) is 7.11 Å². The predicted octanol–water partition coefficient (Wildman–Crippen LogP) is 3.00. The second kappa shape index (κ2) is 4.64. The molecular weight excluding hydrogens is 202 g/mol. The molecule has 1 aromatic carbocycles. The van der Waals surface area contributed by atoms with E-state index in [9.17, 15) is 5.11 Å². The fourth-order valence-electron chi connectivity index (χ4n) is 2.35. The van der Waals surface area contributed by atoms with E-state index in [-0.39, 0.29) is 5.75 Å². The van der Waals surface area contributed by atoms with E-state index in [1.807, 2.05) is 6.07 Å². The van der Waals surface area contributed by atoms with E-state index in [2.05, 4.69) is 12.2 Å². The predicted molar refractivity (Wildman–Crippen MR) is 65.1 cm³/mol. The molecule has 1 fully saturated rings. The largest absolute Gasteiger partial charge is 0.504 e. The van der Waals surface area contributed by atoms with Crippen LogP contribution in [0.15, 0.2) is 18.2 Å². The number of phenols is 1.